The Morgan fingerprint density at radius 1 is 0.633 bits per heavy atom. The lowest BCUT2D eigenvalue weighted by Crippen LogP contribution is -2.10. The van der Waals surface area contributed by atoms with E-state index in [1.54, 1.807) is 6.92 Å². The number of carbonyl (C=O) groups is 4. The fourth-order valence-corrected chi connectivity index (χ4v) is 3.31. The highest BCUT2D eigenvalue weighted by molar-refractivity contribution is 5.97. The third-order valence-corrected chi connectivity index (χ3v) is 4.72. The molecule has 0 heterocycles. The van der Waals surface area contributed by atoms with Crippen molar-refractivity contribution in [1.29, 1.82) is 0 Å². The maximum Gasteiger partial charge on any atom is 0.336 e. The summed E-state index contributed by atoms with van der Waals surface area (Å²) < 4.78 is 0. The van der Waals surface area contributed by atoms with Crippen molar-refractivity contribution in [3.05, 3.63) is 68.8 Å². The number of rotatable bonds is 6. The van der Waals surface area contributed by atoms with Crippen molar-refractivity contribution < 1.29 is 39.6 Å². The lowest BCUT2D eigenvalue weighted by Gasteiger charge is -2.12. The summed E-state index contributed by atoms with van der Waals surface area (Å²) in [5.41, 5.74) is 2.61. The summed E-state index contributed by atoms with van der Waals surface area (Å²) in [4.78, 5) is 43.5. The van der Waals surface area contributed by atoms with Crippen LogP contribution in [0.3, 0.4) is 0 Å². The fourth-order valence-electron chi connectivity index (χ4n) is 3.31. The summed E-state index contributed by atoms with van der Waals surface area (Å²) in [6.07, 6.45) is 1.04. The van der Waals surface area contributed by atoms with Crippen LogP contribution in [-0.4, -0.2) is 44.3 Å². The molecular formula is C22H24O8. The highest BCUT2D eigenvalue weighted by Gasteiger charge is 2.18. The number of aromatic carboxylic acids is 4. The third kappa shape index (κ3) is 5.22. The summed E-state index contributed by atoms with van der Waals surface area (Å²) >= 11 is 0. The van der Waals surface area contributed by atoms with E-state index in [2.05, 4.69) is 0 Å². The molecule has 8 heteroatoms. The summed E-state index contributed by atoms with van der Waals surface area (Å²) in [6.45, 7) is 6.79. The topological polar surface area (TPSA) is 149 Å². The Bertz CT molecular complexity index is 964. The van der Waals surface area contributed by atoms with E-state index >= 15 is 0 Å². The number of carboxylic acids is 4. The Kier molecular flexibility index (Phi) is 8.28. The standard InChI is InChI=1S/C12H14O4.C10H10O4/c1-3-7-8(4-2)10(12(15)16)6-5-9(7)11(13)14;1-5-3-4-7(9(11)12)6(2)8(5)10(13)14/h5-6H,3-4H2,1-2H3,(H,13,14)(H,15,16);3-4H,1-2H3,(H,11,12)(H,13,14). The summed E-state index contributed by atoms with van der Waals surface area (Å²) in [7, 11) is 0. The van der Waals surface area contributed by atoms with Gasteiger partial charge in [0, 0.05) is 0 Å². The lowest BCUT2D eigenvalue weighted by molar-refractivity contribution is 0.0679. The van der Waals surface area contributed by atoms with Gasteiger partial charge in [-0.25, -0.2) is 19.2 Å². The first-order valence-corrected chi connectivity index (χ1v) is 9.15. The second-order valence-corrected chi connectivity index (χ2v) is 6.48. The SMILES string of the molecule is CCc1c(C(=O)O)ccc(C(=O)O)c1CC.Cc1ccc(C(=O)O)c(C)c1C(=O)O. The molecule has 0 aliphatic heterocycles. The van der Waals surface area contributed by atoms with Crippen molar-refractivity contribution in [1.82, 2.24) is 0 Å². The van der Waals surface area contributed by atoms with E-state index < -0.39 is 23.9 Å². The van der Waals surface area contributed by atoms with Crippen molar-refractivity contribution in [3.8, 4) is 0 Å². The van der Waals surface area contributed by atoms with Crippen LogP contribution in [0.25, 0.3) is 0 Å². The normalized spacial score (nSPS) is 10.0. The average molecular weight is 416 g/mol. The fraction of sp³-hybridized carbons (Fsp3) is 0.273. The van der Waals surface area contributed by atoms with Crippen LogP contribution < -0.4 is 0 Å². The zero-order valence-electron chi connectivity index (χ0n) is 17.1. The smallest absolute Gasteiger partial charge is 0.336 e. The molecule has 2 rings (SSSR count). The second-order valence-electron chi connectivity index (χ2n) is 6.48. The minimum Gasteiger partial charge on any atom is -0.478 e. The van der Waals surface area contributed by atoms with Crippen molar-refractivity contribution >= 4 is 23.9 Å². The first-order valence-electron chi connectivity index (χ1n) is 9.15. The van der Waals surface area contributed by atoms with Crippen LogP contribution in [0.2, 0.25) is 0 Å². The highest BCUT2D eigenvalue weighted by Crippen LogP contribution is 2.21. The van der Waals surface area contributed by atoms with Gasteiger partial charge in [-0.3, -0.25) is 0 Å². The molecule has 0 unspecified atom stereocenters. The summed E-state index contributed by atoms with van der Waals surface area (Å²) in [5, 5.41) is 35.6. The van der Waals surface area contributed by atoms with E-state index in [4.69, 9.17) is 20.4 Å². The van der Waals surface area contributed by atoms with Crippen LogP contribution in [0, 0.1) is 13.8 Å². The van der Waals surface area contributed by atoms with Gasteiger partial charge in [-0.05, 0) is 67.1 Å². The van der Waals surface area contributed by atoms with Gasteiger partial charge in [-0.2, -0.15) is 0 Å². The molecule has 2 aromatic carbocycles. The van der Waals surface area contributed by atoms with E-state index in [-0.39, 0.29) is 22.3 Å². The van der Waals surface area contributed by atoms with Crippen LogP contribution in [0.5, 0.6) is 0 Å². The average Bonchev–Trinajstić information content (AvgIpc) is 2.66. The Morgan fingerprint density at radius 3 is 1.30 bits per heavy atom. The third-order valence-electron chi connectivity index (χ3n) is 4.72. The molecule has 4 N–H and O–H groups in total. The summed E-state index contributed by atoms with van der Waals surface area (Å²) in [6, 6.07) is 5.65. The quantitative estimate of drug-likeness (QED) is 0.554. The number of benzene rings is 2. The number of aryl methyl sites for hydroxylation is 1. The van der Waals surface area contributed by atoms with E-state index in [9.17, 15) is 19.2 Å². The molecule has 0 saturated carbocycles. The molecule has 30 heavy (non-hydrogen) atoms. The zero-order chi connectivity index (χ0) is 23.2. The molecule has 2 aromatic rings. The molecule has 0 spiro atoms. The predicted molar refractivity (Wildman–Crippen MR) is 109 cm³/mol. The maximum absolute atomic E-state index is 11.0. The summed E-state index contributed by atoms with van der Waals surface area (Å²) in [5.74, 6) is -4.22. The highest BCUT2D eigenvalue weighted by atomic mass is 16.4. The molecule has 0 bridgehead atoms. The second kappa shape index (κ2) is 10.2. The van der Waals surface area contributed by atoms with Gasteiger partial charge in [-0.1, -0.05) is 19.9 Å². The van der Waals surface area contributed by atoms with Gasteiger partial charge in [0.15, 0.2) is 0 Å². The molecule has 0 radical (unpaired) electrons. The minimum absolute atomic E-state index is 0.0352. The van der Waals surface area contributed by atoms with Crippen molar-refractivity contribution in [2.75, 3.05) is 0 Å². The monoisotopic (exact) mass is 416 g/mol. The lowest BCUT2D eigenvalue weighted by atomic mass is 9.92. The van der Waals surface area contributed by atoms with E-state index in [1.165, 1.54) is 31.2 Å². The first-order chi connectivity index (χ1) is 14.0. The molecule has 0 aromatic heterocycles. The van der Waals surface area contributed by atoms with Gasteiger partial charge in [0.05, 0.1) is 22.3 Å². The Balaban J connectivity index is 0.000000303. The maximum atomic E-state index is 11.0. The van der Waals surface area contributed by atoms with Crippen LogP contribution >= 0.6 is 0 Å². The van der Waals surface area contributed by atoms with Gasteiger partial charge in [-0.15, -0.1) is 0 Å². The van der Waals surface area contributed by atoms with Crippen LogP contribution in [0.1, 0.15) is 77.5 Å². The number of hydrogen-bond donors (Lipinski definition) is 4. The zero-order valence-corrected chi connectivity index (χ0v) is 17.1. The van der Waals surface area contributed by atoms with E-state index in [1.807, 2.05) is 13.8 Å². The molecular weight excluding hydrogens is 392 g/mol. The Hall–Kier alpha value is -3.68. The molecule has 0 aliphatic rings. The molecule has 0 fully saturated rings. The largest absolute Gasteiger partial charge is 0.478 e. The molecule has 0 amide bonds. The van der Waals surface area contributed by atoms with Crippen LogP contribution in [0.4, 0.5) is 0 Å². The van der Waals surface area contributed by atoms with Gasteiger partial charge in [0.1, 0.15) is 0 Å². The van der Waals surface area contributed by atoms with E-state index in [0.717, 1.165) is 0 Å². The van der Waals surface area contributed by atoms with Gasteiger partial charge in [0.2, 0.25) is 0 Å². The molecule has 0 saturated heterocycles. The van der Waals surface area contributed by atoms with Crippen LogP contribution in [0.15, 0.2) is 24.3 Å². The predicted octanol–water partition coefficient (Wildman–Crippen LogP) is 3.91. The van der Waals surface area contributed by atoms with Gasteiger partial charge < -0.3 is 20.4 Å². The molecule has 160 valence electrons. The van der Waals surface area contributed by atoms with E-state index in [0.29, 0.717) is 35.1 Å². The minimum atomic E-state index is -1.11. The van der Waals surface area contributed by atoms with Crippen LogP contribution in [-0.2, 0) is 12.8 Å². The molecule has 8 nitrogen and oxygen atoms in total. The number of carboxylic acid groups (broad SMARTS) is 4. The van der Waals surface area contributed by atoms with Crippen molar-refractivity contribution in [2.45, 2.75) is 40.5 Å². The van der Waals surface area contributed by atoms with Gasteiger partial charge >= 0.3 is 23.9 Å². The van der Waals surface area contributed by atoms with Crippen molar-refractivity contribution in [2.24, 2.45) is 0 Å². The molecule has 0 atom stereocenters. The Morgan fingerprint density at radius 2 is 1.00 bits per heavy atom. The van der Waals surface area contributed by atoms with Crippen molar-refractivity contribution in [3.63, 3.8) is 0 Å². The Labute approximate surface area is 173 Å². The first kappa shape index (κ1) is 24.4. The molecule has 0 aliphatic carbocycles. The number of hydrogen-bond acceptors (Lipinski definition) is 4. The van der Waals surface area contributed by atoms with Gasteiger partial charge in [0.25, 0.3) is 0 Å².